The maximum Gasteiger partial charge on any atom is 0.227 e. The minimum atomic E-state index is -0.0946. The number of para-hydroxylation sites is 3. The van der Waals surface area contributed by atoms with Gasteiger partial charge in [-0.3, -0.25) is 0 Å². The molecule has 4 heteroatoms. The minimum absolute atomic E-state index is 0.0946. The Kier molecular flexibility index (Phi) is 4.25. The summed E-state index contributed by atoms with van der Waals surface area (Å²) in [5, 5.41) is 2.11. The molecule has 0 amide bonds. The quantitative estimate of drug-likeness (QED) is 0.241. The molecular weight excluding hydrogens is 468 g/mol. The van der Waals surface area contributed by atoms with Crippen LogP contribution in [-0.4, -0.2) is 4.98 Å². The third-order valence-corrected chi connectivity index (χ3v) is 7.87. The van der Waals surface area contributed by atoms with E-state index in [2.05, 4.69) is 97.6 Å². The molecule has 0 fully saturated rings. The molecule has 182 valence electrons. The Hall–Kier alpha value is -4.83. The van der Waals surface area contributed by atoms with Gasteiger partial charge in [-0.25, -0.2) is 4.98 Å². The summed E-state index contributed by atoms with van der Waals surface area (Å²) in [6.07, 6.45) is 0. The predicted octanol–water partition coefficient (Wildman–Crippen LogP) is 9.50. The average Bonchev–Trinajstić information content (AvgIpc) is 3.53. The molecule has 0 atom stereocenters. The Labute approximate surface area is 219 Å². The fraction of sp³-hybridized carbons (Fsp3) is 0.0882. The van der Waals surface area contributed by atoms with Crippen LogP contribution in [0.5, 0.6) is 0 Å². The molecule has 0 spiro atoms. The first-order valence-corrected chi connectivity index (χ1v) is 12.9. The maximum absolute atomic E-state index is 6.32. The van der Waals surface area contributed by atoms with Crippen molar-refractivity contribution in [1.82, 2.24) is 4.98 Å². The van der Waals surface area contributed by atoms with Gasteiger partial charge in [0.05, 0.1) is 11.4 Å². The van der Waals surface area contributed by atoms with Gasteiger partial charge in [-0.05, 0) is 53.6 Å². The van der Waals surface area contributed by atoms with Gasteiger partial charge in [-0.2, -0.15) is 0 Å². The van der Waals surface area contributed by atoms with E-state index in [9.17, 15) is 0 Å². The van der Waals surface area contributed by atoms with Gasteiger partial charge in [-0.1, -0.05) is 74.5 Å². The number of anilines is 3. The standard InChI is InChI=1S/C34H24N2O2/c1-34(2)25-13-4-6-15-28(25)36(29-16-7-5-14-26(29)34)22-11-9-10-21(18-22)33-35-27-20-31-24(19-32(27)38-33)23-12-3-8-17-30(23)37-31/h3-20H,1-2H3. The highest BCUT2D eigenvalue weighted by molar-refractivity contribution is 6.08. The van der Waals surface area contributed by atoms with Crippen molar-refractivity contribution < 1.29 is 8.83 Å². The van der Waals surface area contributed by atoms with Crippen LogP contribution in [-0.2, 0) is 5.41 Å². The van der Waals surface area contributed by atoms with Gasteiger partial charge in [0.1, 0.15) is 16.7 Å². The van der Waals surface area contributed by atoms with Crippen LogP contribution in [0.2, 0.25) is 0 Å². The second-order valence-electron chi connectivity index (χ2n) is 10.5. The summed E-state index contributed by atoms with van der Waals surface area (Å²) < 4.78 is 12.4. The Morgan fingerprint density at radius 2 is 1.32 bits per heavy atom. The van der Waals surface area contributed by atoms with E-state index < -0.39 is 0 Å². The number of benzene rings is 5. The number of oxazole rings is 1. The molecule has 3 heterocycles. The van der Waals surface area contributed by atoms with Crippen LogP contribution in [0.3, 0.4) is 0 Å². The summed E-state index contributed by atoms with van der Waals surface area (Å²) in [5.74, 6) is 0.595. The number of hydrogen-bond donors (Lipinski definition) is 0. The predicted molar refractivity (Wildman–Crippen MR) is 154 cm³/mol. The van der Waals surface area contributed by atoms with Crippen molar-refractivity contribution in [2.24, 2.45) is 0 Å². The van der Waals surface area contributed by atoms with Crippen molar-refractivity contribution >= 4 is 50.1 Å². The molecule has 0 aliphatic carbocycles. The monoisotopic (exact) mass is 492 g/mol. The van der Waals surface area contributed by atoms with Crippen LogP contribution in [0.4, 0.5) is 17.1 Å². The normalized spacial score (nSPS) is 14.2. The zero-order valence-corrected chi connectivity index (χ0v) is 21.1. The number of aromatic nitrogens is 1. The average molecular weight is 493 g/mol. The van der Waals surface area contributed by atoms with Gasteiger partial charge in [0.15, 0.2) is 5.58 Å². The molecule has 7 aromatic rings. The van der Waals surface area contributed by atoms with E-state index in [1.165, 1.54) is 22.5 Å². The van der Waals surface area contributed by atoms with E-state index in [0.717, 1.165) is 44.3 Å². The van der Waals surface area contributed by atoms with Crippen molar-refractivity contribution in [2.75, 3.05) is 4.90 Å². The van der Waals surface area contributed by atoms with Crippen LogP contribution in [0.25, 0.3) is 44.5 Å². The number of rotatable bonds is 2. The summed E-state index contributed by atoms with van der Waals surface area (Å²) >= 11 is 0. The fourth-order valence-electron chi connectivity index (χ4n) is 6.00. The van der Waals surface area contributed by atoms with Crippen LogP contribution >= 0.6 is 0 Å². The highest BCUT2D eigenvalue weighted by Crippen LogP contribution is 2.51. The molecule has 8 rings (SSSR count). The summed E-state index contributed by atoms with van der Waals surface area (Å²) in [7, 11) is 0. The topological polar surface area (TPSA) is 42.4 Å². The van der Waals surface area contributed by atoms with E-state index in [1.54, 1.807) is 0 Å². The lowest BCUT2D eigenvalue weighted by Gasteiger charge is -2.42. The van der Waals surface area contributed by atoms with Crippen molar-refractivity contribution in [1.29, 1.82) is 0 Å². The highest BCUT2D eigenvalue weighted by Gasteiger charge is 2.36. The van der Waals surface area contributed by atoms with Crippen molar-refractivity contribution in [3.05, 3.63) is 120 Å². The van der Waals surface area contributed by atoms with Crippen molar-refractivity contribution in [3.63, 3.8) is 0 Å². The van der Waals surface area contributed by atoms with Crippen LogP contribution in [0.1, 0.15) is 25.0 Å². The van der Waals surface area contributed by atoms with Crippen LogP contribution in [0, 0.1) is 0 Å². The van der Waals surface area contributed by atoms with E-state index in [4.69, 9.17) is 13.8 Å². The first-order valence-electron chi connectivity index (χ1n) is 12.9. The molecule has 4 nitrogen and oxygen atoms in total. The van der Waals surface area contributed by atoms with E-state index in [1.807, 2.05) is 30.3 Å². The van der Waals surface area contributed by atoms with Gasteiger partial charge in [-0.15, -0.1) is 0 Å². The first-order chi connectivity index (χ1) is 18.6. The van der Waals surface area contributed by atoms with Gasteiger partial charge in [0.25, 0.3) is 0 Å². The zero-order valence-electron chi connectivity index (χ0n) is 21.1. The molecule has 0 saturated carbocycles. The van der Waals surface area contributed by atoms with Crippen molar-refractivity contribution in [3.8, 4) is 11.5 Å². The molecule has 1 aliphatic rings. The molecule has 0 unspecified atom stereocenters. The van der Waals surface area contributed by atoms with Gasteiger partial charge < -0.3 is 13.7 Å². The highest BCUT2D eigenvalue weighted by atomic mass is 16.4. The maximum atomic E-state index is 6.32. The number of hydrogen-bond acceptors (Lipinski definition) is 4. The largest absolute Gasteiger partial charge is 0.456 e. The summed E-state index contributed by atoms with van der Waals surface area (Å²) in [6.45, 7) is 4.60. The molecule has 0 N–H and O–H groups in total. The summed E-state index contributed by atoms with van der Waals surface area (Å²) in [6, 6.07) is 37.9. The smallest absolute Gasteiger partial charge is 0.227 e. The Bertz CT molecular complexity index is 1980. The molecule has 2 aromatic heterocycles. The lowest BCUT2D eigenvalue weighted by atomic mass is 9.73. The summed E-state index contributed by atoms with van der Waals surface area (Å²) in [5.41, 5.74) is 10.1. The molecule has 1 aliphatic heterocycles. The molecule has 0 radical (unpaired) electrons. The van der Waals surface area contributed by atoms with E-state index >= 15 is 0 Å². The SMILES string of the molecule is CC1(C)c2ccccc2N(c2cccc(-c3nc4cc5oc6ccccc6c5cc4o3)c2)c2ccccc21. The molecule has 38 heavy (non-hydrogen) atoms. The number of furan rings is 1. The third kappa shape index (κ3) is 2.94. The molecular formula is C34H24N2O2. The molecule has 0 saturated heterocycles. The Morgan fingerprint density at radius 3 is 2.11 bits per heavy atom. The van der Waals surface area contributed by atoms with Gasteiger partial charge in [0, 0.05) is 33.5 Å². The van der Waals surface area contributed by atoms with Crippen LogP contribution in [0.15, 0.2) is 118 Å². The second-order valence-corrected chi connectivity index (χ2v) is 10.5. The Morgan fingerprint density at radius 1 is 0.605 bits per heavy atom. The number of fused-ring (bicyclic) bond motifs is 6. The van der Waals surface area contributed by atoms with E-state index in [0.29, 0.717) is 5.89 Å². The lowest BCUT2D eigenvalue weighted by molar-refractivity contribution is 0.620. The second kappa shape index (κ2) is 7.59. The van der Waals surface area contributed by atoms with Gasteiger partial charge >= 0.3 is 0 Å². The molecule has 0 bridgehead atoms. The zero-order chi connectivity index (χ0) is 25.4. The molecule has 5 aromatic carbocycles. The lowest BCUT2D eigenvalue weighted by Crippen LogP contribution is -2.30. The Balaban J connectivity index is 1.28. The van der Waals surface area contributed by atoms with Gasteiger partial charge in [0.2, 0.25) is 5.89 Å². The number of nitrogens with zero attached hydrogens (tertiary/aromatic N) is 2. The minimum Gasteiger partial charge on any atom is -0.456 e. The van der Waals surface area contributed by atoms with Crippen LogP contribution < -0.4 is 4.90 Å². The van der Waals surface area contributed by atoms with Crippen molar-refractivity contribution in [2.45, 2.75) is 19.3 Å². The first kappa shape index (κ1) is 21.3. The fourth-order valence-corrected chi connectivity index (χ4v) is 6.00. The summed E-state index contributed by atoms with van der Waals surface area (Å²) in [4.78, 5) is 7.20. The van der Waals surface area contributed by atoms with E-state index in [-0.39, 0.29) is 5.41 Å². The third-order valence-electron chi connectivity index (χ3n) is 7.87.